The van der Waals surface area contributed by atoms with E-state index in [1.807, 2.05) is 6.92 Å². The Morgan fingerprint density at radius 2 is 2.14 bits per heavy atom. The molecule has 0 radical (unpaired) electrons. The molecule has 0 saturated carbocycles. The Hall–Kier alpha value is -0.120. The first-order chi connectivity index (χ1) is 6.60. The molecule has 0 amide bonds. The monoisotopic (exact) mass is 202 g/mol. The zero-order chi connectivity index (χ0) is 10.7. The molecule has 1 saturated heterocycles. The summed E-state index contributed by atoms with van der Waals surface area (Å²) in [4.78, 5) is 0. The van der Waals surface area contributed by atoms with E-state index < -0.39 is 0 Å². The predicted octanol–water partition coefficient (Wildman–Crippen LogP) is 1.18. The van der Waals surface area contributed by atoms with Gasteiger partial charge >= 0.3 is 0 Å². The van der Waals surface area contributed by atoms with E-state index in [4.69, 9.17) is 9.84 Å². The quantitative estimate of drug-likeness (QED) is 0.722. The Morgan fingerprint density at radius 1 is 1.50 bits per heavy atom. The standard InChI is InChI=1S/C11H22O3/c1-4-7(2)11-8(3)10(13)5-9(6-12)14-11/h7-13H,4-6H2,1-3H3/t7-,8-,9+,10-,11+/m0/s1. The third-order valence-corrected chi connectivity index (χ3v) is 3.39. The van der Waals surface area contributed by atoms with Gasteiger partial charge in [-0.25, -0.2) is 0 Å². The van der Waals surface area contributed by atoms with Crippen LogP contribution in [-0.2, 0) is 4.74 Å². The second kappa shape index (κ2) is 5.10. The number of hydrogen-bond donors (Lipinski definition) is 2. The number of rotatable bonds is 3. The topological polar surface area (TPSA) is 49.7 Å². The van der Waals surface area contributed by atoms with Gasteiger partial charge in [-0.1, -0.05) is 27.2 Å². The molecule has 3 heteroatoms. The van der Waals surface area contributed by atoms with Gasteiger partial charge in [0, 0.05) is 12.3 Å². The number of aliphatic hydroxyl groups excluding tert-OH is 2. The molecule has 2 N–H and O–H groups in total. The first-order valence-electron chi connectivity index (χ1n) is 5.54. The van der Waals surface area contributed by atoms with E-state index in [1.165, 1.54) is 0 Å². The average molecular weight is 202 g/mol. The van der Waals surface area contributed by atoms with E-state index in [1.54, 1.807) is 0 Å². The maximum Gasteiger partial charge on any atom is 0.0834 e. The summed E-state index contributed by atoms with van der Waals surface area (Å²) >= 11 is 0. The Labute approximate surface area is 86.1 Å². The molecule has 0 aromatic heterocycles. The highest BCUT2D eigenvalue weighted by atomic mass is 16.5. The maximum absolute atomic E-state index is 9.80. The molecule has 14 heavy (non-hydrogen) atoms. The smallest absolute Gasteiger partial charge is 0.0834 e. The average Bonchev–Trinajstić information content (AvgIpc) is 2.20. The summed E-state index contributed by atoms with van der Waals surface area (Å²) in [5.74, 6) is 0.613. The lowest BCUT2D eigenvalue weighted by molar-refractivity contribution is -0.159. The van der Waals surface area contributed by atoms with Gasteiger partial charge in [-0.2, -0.15) is 0 Å². The largest absolute Gasteiger partial charge is 0.394 e. The van der Waals surface area contributed by atoms with Crippen molar-refractivity contribution in [1.82, 2.24) is 0 Å². The zero-order valence-corrected chi connectivity index (χ0v) is 9.31. The fourth-order valence-corrected chi connectivity index (χ4v) is 2.11. The molecule has 1 fully saturated rings. The third kappa shape index (κ3) is 2.47. The molecular weight excluding hydrogens is 180 g/mol. The van der Waals surface area contributed by atoms with Gasteiger partial charge in [-0.15, -0.1) is 0 Å². The molecule has 0 spiro atoms. The van der Waals surface area contributed by atoms with Gasteiger partial charge in [0.2, 0.25) is 0 Å². The van der Waals surface area contributed by atoms with Gasteiger partial charge in [0.05, 0.1) is 24.9 Å². The fraction of sp³-hybridized carbons (Fsp3) is 1.00. The van der Waals surface area contributed by atoms with Crippen molar-refractivity contribution in [2.45, 2.75) is 51.9 Å². The molecule has 3 nitrogen and oxygen atoms in total. The second-order valence-electron chi connectivity index (χ2n) is 4.45. The van der Waals surface area contributed by atoms with Crippen LogP contribution in [0, 0.1) is 11.8 Å². The van der Waals surface area contributed by atoms with Crippen molar-refractivity contribution in [2.75, 3.05) is 6.61 Å². The molecular formula is C11H22O3. The molecule has 0 aromatic carbocycles. The van der Waals surface area contributed by atoms with E-state index in [0.717, 1.165) is 6.42 Å². The van der Waals surface area contributed by atoms with Crippen LogP contribution in [0.25, 0.3) is 0 Å². The summed E-state index contributed by atoms with van der Waals surface area (Å²) in [6.45, 7) is 6.29. The maximum atomic E-state index is 9.80. The lowest BCUT2D eigenvalue weighted by Crippen LogP contribution is -2.46. The van der Waals surface area contributed by atoms with Crippen LogP contribution in [0.3, 0.4) is 0 Å². The lowest BCUT2D eigenvalue weighted by Gasteiger charge is -2.40. The molecule has 1 aliphatic heterocycles. The highest BCUT2D eigenvalue weighted by molar-refractivity contribution is 4.85. The second-order valence-corrected chi connectivity index (χ2v) is 4.45. The van der Waals surface area contributed by atoms with Crippen molar-refractivity contribution >= 4 is 0 Å². The number of ether oxygens (including phenoxy) is 1. The van der Waals surface area contributed by atoms with Crippen LogP contribution in [-0.4, -0.2) is 35.1 Å². The van der Waals surface area contributed by atoms with Gasteiger partial charge in [-0.3, -0.25) is 0 Å². The Kier molecular flexibility index (Phi) is 4.35. The lowest BCUT2D eigenvalue weighted by atomic mass is 9.83. The minimum Gasteiger partial charge on any atom is -0.394 e. The predicted molar refractivity (Wildman–Crippen MR) is 55.0 cm³/mol. The van der Waals surface area contributed by atoms with Crippen LogP contribution in [0.2, 0.25) is 0 Å². The van der Waals surface area contributed by atoms with Gasteiger partial charge in [0.25, 0.3) is 0 Å². The summed E-state index contributed by atoms with van der Waals surface area (Å²) < 4.78 is 5.76. The SMILES string of the molecule is CC[C@H](C)[C@H]1O[C@@H](CO)C[C@H](O)[C@@H]1C. The van der Waals surface area contributed by atoms with Crippen LogP contribution in [0.15, 0.2) is 0 Å². The number of aliphatic hydroxyl groups is 2. The molecule has 0 bridgehead atoms. The van der Waals surface area contributed by atoms with Crippen molar-refractivity contribution in [3.05, 3.63) is 0 Å². The number of hydrogen-bond acceptors (Lipinski definition) is 3. The Balaban J connectivity index is 2.62. The molecule has 1 rings (SSSR count). The third-order valence-electron chi connectivity index (χ3n) is 3.39. The molecule has 84 valence electrons. The van der Waals surface area contributed by atoms with Crippen molar-refractivity contribution < 1.29 is 14.9 Å². The van der Waals surface area contributed by atoms with Crippen LogP contribution < -0.4 is 0 Å². The van der Waals surface area contributed by atoms with Crippen molar-refractivity contribution in [1.29, 1.82) is 0 Å². The summed E-state index contributed by atoms with van der Waals surface area (Å²) in [6, 6.07) is 0. The Morgan fingerprint density at radius 3 is 2.64 bits per heavy atom. The molecule has 5 atom stereocenters. The van der Waals surface area contributed by atoms with Crippen molar-refractivity contribution in [3.63, 3.8) is 0 Å². The first-order valence-corrected chi connectivity index (χ1v) is 5.54. The van der Waals surface area contributed by atoms with Gasteiger partial charge in [0.1, 0.15) is 0 Å². The van der Waals surface area contributed by atoms with E-state index >= 15 is 0 Å². The summed E-state index contributed by atoms with van der Waals surface area (Å²) in [7, 11) is 0. The zero-order valence-electron chi connectivity index (χ0n) is 9.31. The van der Waals surface area contributed by atoms with Crippen LogP contribution in [0.4, 0.5) is 0 Å². The van der Waals surface area contributed by atoms with Crippen LogP contribution in [0.1, 0.15) is 33.6 Å². The first kappa shape index (κ1) is 12.0. The molecule has 1 aliphatic rings. The van der Waals surface area contributed by atoms with Gasteiger partial charge in [-0.05, 0) is 5.92 Å². The highest BCUT2D eigenvalue weighted by Crippen LogP contribution is 2.30. The van der Waals surface area contributed by atoms with Crippen LogP contribution in [0.5, 0.6) is 0 Å². The minimum atomic E-state index is -0.333. The van der Waals surface area contributed by atoms with Crippen molar-refractivity contribution in [3.8, 4) is 0 Å². The summed E-state index contributed by atoms with van der Waals surface area (Å²) in [5.41, 5.74) is 0. The van der Waals surface area contributed by atoms with E-state index in [9.17, 15) is 5.11 Å². The molecule has 0 aromatic rings. The van der Waals surface area contributed by atoms with E-state index in [2.05, 4.69) is 13.8 Å². The Bertz CT molecular complexity index is 170. The molecule has 0 aliphatic carbocycles. The fourth-order valence-electron chi connectivity index (χ4n) is 2.11. The van der Waals surface area contributed by atoms with E-state index in [-0.39, 0.29) is 30.8 Å². The molecule has 1 heterocycles. The molecule has 0 unspecified atom stereocenters. The normalized spacial score (nSPS) is 40.9. The summed E-state index contributed by atoms with van der Waals surface area (Å²) in [5, 5.41) is 18.8. The van der Waals surface area contributed by atoms with Crippen LogP contribution >= 0.6 is 0 Å². The summed E-state index contributed by atoms with van der Waals surface area (Å²) in [6.07, 6.45) is 1.17. The minimum absolute atomic E-state index is 0.0106. The van der Waals surface area contributed by atoms with E-state index in [0.29, 0.717) is 12.3 Å². The van der Waals surface area contributed by atoms with Gasteiger partial charge < -0.3 is 14.9 Å². The highest BCUT2D eigenvalue weighted by Gasteiger charge is 2.36. The van der Waals surface area contributed by atoms with Gasteiger partial charge in [0.15, 0.2) is 0 Å². The van der Waals surface area contributed by atoms with Crippen molar-refractivity contribution in [2.24, 2.45) is 11.8 Å².